The molecule has 1 unspecified atom stereocenters. The monoisotopic (exact) mass is 203 g/mol. The van der Waals surface area contributed by atoms with Crippen LogP contribution in [0.4, 0.5) is 0 Å². The predicted molar refractivity (Wildman–Crippen MR) is 56.2 cm³/mol. The standard InChI is InChI=1S/C11H13N3O/c1-9(11-4-2-3-5-13-11)14-8-12-6-10(14)7-15/h2-6,8-9,15H,7H2,1H3. The maximum Gasteiger partial charge on any atom is 0.0955 e. The molecule has 0 bridgehead atoms. The predicted octanol–water partition coefficient (Wildman–Crippen LogP) is 1.38. The van der Waals surface area contributed by atoms with E-state index in [4.69, 9.17) is 5.11 Å². The van der Waals surface area contributed by atoms with Crippen LogP contribution in [0.25, 0.3) is 0 Å². The molecule has 0 aliphatic carbocycles. The number of nitrogens with zero attached hydrogens (tertiary/aromatic N) is 3. The summed E-state index contributed by atoms with van der Waals surface area (Å²) in [5.41, 5.74) is 1.76. The zero-order valence-corrected chi connectivity index (χ0v) is 8.54. The van der Waals surface area contributed by atoms with Gasteiger partial charge in [-0.1, -0.05) is 6.07 Å². The number of hydrogen-bond acceptors (Lipinski definition) is 3. The molecule has 0 amide bonds. The second-order valence-electron chi connectivity index (χ2n) is 3.38. The Hall–Kier alpha value is -1.68. The third-order valence-electron chi connectivity index (χ3n) is 2.44. The van der Waals surface area contributed by atoms with Gasteiger partial charge in [-0.25, -0.2) is 4.98 Å². The first-order valence-corrected chi connectivity index (χ1v) is 4.85. The highest BCUT2D eigenvalue weighted by Crippen LogP contribution is 2.16. The van der Waals surface area contributed by atoms with Crippen molar-refractivity contribution in [2.75, 3.05) is 0 Å². The molecule has 0 radical (unpaired) electrons. The summed E-state index contributed by atoms with van der Waals surface area (Å²) in [4.78, 5) is 8.29. The molecular weight excluding hydrogens is 190 g/mol. The lowest BCUT2D eigenvalue weighted by Crippen LogP contribution is -2.10. The fourth-order valence-corrected chi connectivity index (χ4v) is 1.57. The van der Waals surface area contributed by atoms with Crippen molar-refractivity contribution < 1.29 is 5.11 Å². The molecule has 1 atom stereocenters. The maximum absolute atomic E-state index is 9.12. The van der Waals surface area contributed by atoms with Gasteiger partial charge in [0.25, 0.3) is 0 Å². The van der Waals surface area contributed by atoms with Crippen molar-refractivity contribution in [3.8, 4) is 0 Å². The topological polar surface area (TPSA) is 50.9 Å². The van der Waals surface area contributed by atoms with Gasteiger partial charge in [0.2, 0.25) is 0 Å². The lowest BCUT2D eigenvalue weighted by atomic mass is 10.2. The SMILES string of the molecule is CC(c1ccccn1)n1cncc1CO. The van der Waals surface area contributed by atoms with Gasteiger partial charge in [0.15, 0.2) is 0 Å². The Morgan fingerprint density at radius 1 is 1.47 bits per heavy atom. The van der Waals surface area contributed by atoms with Gasteiger partial charge in [0.05, 0.1) is 36.6 Å². The molecule has 0 saturated carbocycles. The first-order valence-electron chi connectivity index (χ1n) is 4.85. The van der Waals surface area contributed by atoms with Gasteiger partial charge in [0.1, 0.15) is 0 Å². The van der Waals surface area contributed by atoms with E-state index in [9.17, 15) is 0 Å². The smallest absolute Gasteiger partial charge is 0.0955 e. The van der Waals surface area contributed by atoms with E-state index in [1.165, 1.54) is 0 Å². The largest absolute Gasteiger partial charge is 0.390 e. The van der Waals surface area contributed by atoms with Crippen LogP contribution < -0.4 is 0 Å². The van der Waals surface area contributed by atoms with Gasteiger partial charge in [-0.3, -0.25) is 4.98 Å². The van der Waals surface area contributed by atoms with Gasteiger partial charge in [-0.15, -0.1) is 0 Å². The number of pyridine rings is 1. The Labute approximate surface area is 88.2 Å². The van der Waals surface area contributed by atoms with Crippen LogP contribution in [0.2, 0.25) is 0 Å². The molecule has 78 valence electrons. The third kappa shape index (κ3) is 1.89. The summed E-state index contributed by atoms with van der Waals surface area (Å²) < 4.78 is 1.92. The van der Waals surface area contributed by atoms with Crippen LogP contribution >= 0.6 is 0 Å². The molecule has 2 rings (SSSR count). The first-order chi connectivity index (χ1) is 7.33. The van der Waals surface area contributed by atoms with Crippen molar-refractivity contribution in [1.82, 2.24) is 14.5 Å². The van der Waals surface area contributed by atoms with Crippen LogP contribution in [0.15, 0.2) is 36.9 Å². The normalized spacial score (nSPS) is 12.7. The minimum Gasteiger partial charge on any atom is -0.390 e. The van der Waals surface area contributed by atoms with E-state index in [1.807, 2.05) is 29.7 Å². The quantitative estimate of drug-likeness (QED) is 0.819. The second kappa shape index (κ2) is 4.23. The summed E-state index contributed by atoms with van der Waals surface area (Å²) in [6.45, 7) is 2.03. The summed E-state index contributed by atoms with van der Waals surface area (Å²) in [5.74, 6) is 0. The molecular formula is C11H13N3O. The van der Waals surface area contributed by atoms with Crippen LogP contribution in [-0.4, -0.2) is 19.6 Å². The molecule has 4 nitrogen and oxygen atoms in total. The second-order valence-corrected chi connectivity index (χ2v) is 3.38. The van der Waals surface area contributed by atoms with Crippen molar-refractivity contribution >= 4 is 0 Å². The average Bonchev–Trinajstić information content (AvgIpc) is 2.77. The maximum atomic E-state index is 9.12. The van der Waals surface area contributed by atoms with Crippen LogP contribution in [0.1, 0.15) is 24.4 Å². The molecule has 0 aliphatic rings. The Bertz CT molecular complexity index is 424. The molecule has 0 aromatic carbocycles. The highest BCUT2D eigenvalue weighted by molar-refractivity contribution is 5.11. The molecule has 0 spiro atoms. The van der Waals surface area contributed by atoms with E-state index in [2.05, 4.69) is 9.97 Å². The van der Waals surface area contributed by atoms with Gasteiger partial charge >= 0.3 is 0 Å². The van der Waals surface area contributed by atoms with E-state index in [1.54, 1.807) is 18.7 Å². The van der Waals surface area contributed by atoms with Crippen molar-refractivity contribution in [2.45, 2.75) is 19.6 Å². The number of aliphatic hydroxyl groups is 1. The van der Waals surface area contributed by atoms with Gasteiger partial charge in [0, 0.05) is 6.20 Å². The van der Waals surface area contributed by atoms with E-state index in [-0.39, 0.29) is 12.6 Å². The van der Waals surface area contributed by atoms with Gasteiger partial charge in [-0.2, -0.15) is 0 Å². The minimum absolute atomic E-state index is 0.00280. The number of aliphatic hydroxyl groups excluding tert-OH is 1. The number of aromatic nitrogens is 3. The van der Waals surface area contributed by atoms with Gasteiger partial charge in [-0.05, 0) is 19.1 Å². The summed E-state index contributed by atoms with van der Waals surface area (Å²) in [6.07, 6.45) is 5.14. The van der Waals surface area contributed by atoms with Crippen LogP contribution in [0, 0.1) is 0 Å². The summed E-state index contributed by atoms with van der Waals surface area (Å²) in [6, 6.07) is 5.90. The molecule has 15 heavy (non-hydrogen) atoms. The van der Waals surface area contributed by atoms with Crippen molar-refractivity contribution in [3.05, 3.63) is 48.3 Å². The molecule has 4 heteroatoms. The first kappa shape index (κ1) is 9.86. The third-order valence-corrected chi connectivity index (χ3v) is 2.44. The molecule has 0 saturated heterocycles. The van der Waals surface area contributed by atoms with Crippen molar-refractivity contribution in [1.29, 1.82) is 0 Å². The summed E-state index contributed by atoms with van der Waals surface area (Å²) in [7, 11) is 0. The fourth-order valence-electron chi connectivity index (χ4n) is 1.57. The number of imidazole rings is 1. The molecule has 2 aromatic heterocycles. The molecule has 2 heterocycles. The molecule has 1 N–H and O–H groups in total. The van der Waals surface area contributed by atoms with Crippen LogP contribution in [0.3, 0.4) is 0 Å². The number of hydrogen-bond donors (Lipinski definition) is 1. The van der Waals surface area contributed by atoms with Crippen molar-refractivity contribution in [3.63, 3.8) is 0 Å². The molecule has 0 aliphatic heterocycles. The summed E-state index contributed by atoms with van der Waals surface area (Å²) in [5, 5.41) is 9.12. The van der Waals surface area contributed by atoms with Crippen molar-refractivity contribution in [2.24, 2.45) is 0 Å². The highest BCUT2D eigenvalue weighted by Gasteiger charge is 2.11. The molecule has 0 fully saturated rings. The van der Waals surface area contributed by atoms with Gasteiger partial charge < -0.3 is 9.67 Å². The fraction of sp³-hybridized carbons (Fsp3) is 0.273. The highest BCUT2D eigenvalue weighted by atomic mass is 16.3. The van der Waals surface area contributed by atoms with Crippen LogP contribution in [-0.2, 0) is 6.61 Å². The summed E-state index contributed by atoms with van der Waals surface area (Å²) >= 11 is 0. The Morgan fingerprint density at radius 2 is 2.33 bits per heavy atom. The number of rotatable bonds is 3. The van der Waals surface area contributed by atoms with Crippen LogP contribution in [0.5, 0.6) is 0 Å². The zero-order chi connectivity index (χ0) is 10.7. The Balaban J connectivity index is 2.32. The zero-order valence-electron chi connectivity index (χ0n) is 8.54. The van der Waals surface area contributed by atoms with E-state index < -0.39 is 0 Å². The lowest BCUT2D eigenvalue weighted by Gasteiger charge is -2.14. The van der Waals surface area contributed by atoms with E-state index >= 15 is 0 Å². The lowest BCUT2D eigenvalue weighted by molar-refractivity contribution is 0.269. The molecule has 2 aromatic rings. The van der Waals surface area contributed by atoms with E-state index in [0.29, 0.717) is 0 Å². The average molecular weight is 203 g/mol. The minimum atomic E-state index is -0.00280. The Morgan fingerprint density at radius 3 is 3.00 bits per heavy atom. The van der Waals surface area contributed by atoms with E-state index in [0.717, 1.165) is 11.4 Å². The Kier molecular flexibility index (Phi) is 2.78.